The average molecular weight is 416 g/mol. The summed E-state index contributed by atoms with van der Waals surface area (Å²) in [7, 11) is 0. The van der Waals surface area contributed by atoms with Crippen molar-refractivity contribution in [1.29, 1.82) is 0 Å². The molecule has 0 unspecified atom stereocenters. The number of aliphatic hydroxyl groups is 2. The second-order valence-corrected chi connectivity index (χ2v) is 8.67. The lowest BCUT2D eigenvalue weighted by Gasteiger charge is -2.19. The number of nitrogens with two attached hydrogens (primary N) is 1. The van der Waals surface area contributed by atoms with E-state index in [1.807, 2.05) is 22.1 Å². The summed E-state index contributed by atoms with van der Waals surface area (Å²) in [6.07, 6.45) is 1.16. The van der Waals surface area contributed by atoms with E-state index in [-0.39, 0.29) is 5.82 Å². The molecule has 9 heteroatoms. The van der Waals surface area contributed by atoms with Crippen LogP contribution in [-0.2, 0) is 0 Å². The zero-order chi connectivity index (χ0) is 19.7. The number of imidazole rings is 1. The van der Waals surface area contributed by atoms with Crippen LogP contribution >= 0.6 is 23.1 Å². The Hall–Kier alpha value is -2.12. The molecule has 4 rings (SSSR count). The number of unbranched alkanes of at least 4 members (excludes halogenated alkanes) is 2. The van der Waals surface area contributed by atoms with Crippen molar-refractivity contribution >= 4 is 40.1 Å². The number of fused-ring (bicyclic) bond motifs is 1. The molecule has 0 saturated carbocycles. The normalized spacial score (nSPS) is 21.8. The molecule has 0 aliphatic carbocycles. The smallest absolute Gasteiger partial charge is 0.208 e. The maximum absolute atomic E-state index is 10.5. The minimum Gasteiger partial charge on any atom is -0.389 e. The molecular weight excluding hydrogens is 394 g/mol. The summed E-state index contributed by atoms with van der Waals surface area (Å²) in [6.45, 7) is 2.12. The van der Waals surface area contributed by atoms with E-state index in [0.29, 0.717) is 28.6 Å². The van der Waals surface area contributed by atoms with E-state index in [4.69, 9.17) is 5.73 Å². The molecule has 28 heavy (non-hydrogen) atoms. The van der Waals surface area contributed by atoms with E-state index in [0.717, 1.165) is 24.1 Å². The molecule has 7 nitrogen and oxygen atoms in total. The number of hydrogen-bond donors (Lipinski definition) is 3. The van der Waals surface area contributed by atoms with Gasteiger partial charge in [0, 0.05) is 12.2 Å². The SMILES string of the molecule is CCCCC#Cc1nc(N)c2nc(-c3cccs3)n([C@@H]3SC[C@@H](O)[C@H]3O)c2n1. The number of anilines is 1. The Balaban J connectivity index is 1.88. The Kier molecular flexibility index (Phi) is 5.55. The van der Waals surface area contributed by atoms with E-state index in [1.54, 1.807) is 11.3 Å². The van der Waals surface area contributed by atoms with E-state index in [1.165, 1.54) is 11.8 Å². The van der Waals surface area contributed by atoms with Gasteiger partial charge in [-0.2, -0.15) is 0 Å². The van der Waals surface area contributed by atoms with Crippen molar-refractivity contribution in [1.82, 2.24) is 19.5 Å². The van der Waals surface area contributed by atoms with Crippen LogP contribution < -0.4 is 5.73 Å². The van der Waals surface area contributed by atoms with Crippen LogP contribution in [0.3, 0.4) is 0 Å². The van der Waals surface area contributed by atoms with Crippen LogP contribution in [0, 0.1) is 11.8 Å². The van der Waals surface area contributed by atoms with Gasteiger partial charge < -0.3 is 15.9 Å². The van der Waals surface area contributed by atoms with Gasteiger partial charge in [-0.15, -0.1) is 23.1 Å². The van der Waals surface area contributed by atoms with Gasteiger partial charge in [0.1, 0.15) is 11.5 Å². The highest BCUT2D eigenvalue weighted by molar-refractivity contribution is 7.99. The summed E-state index contributed by atoms with van der Waals surface area (Å²) >= 11 is 3.01. The van der Waals surface area contributed by atoms with Crippen LogP contribution in [-0.4, -0.2) is 47.7 Å². The predicted octanol–water partition coefficient (Wildman–Crippen LogP) is 2.65. The van der Waals surface area contributed by atoms with Gasteiger partial charge in [-0.05, 0) is 23.8 Å². The number of aliphatic hydroxyl groups excluding tert-OH is 2. The van der Waals surface area contributed by atoms with Crippen LogP contribution in [0.1, 0.15) is 37.4 Å². The molecule has 3 aromatic rings. The number of thioether (sulfide) groups is 1. The van der Waals surface area contributed by atoms with Crippen LogP contribution in [0.2, 0.25) is 0 Å². The molecule has 0 spiro atoms. The van der Waals surface area contributed by atoms with Crippen molar-refractivity contribution < 1.29 is 10.2 Å². The zero-order valence-electron chi connectivity index (χ0n) is 15.4. The van der Waals surface area contributed by atoms with Crippen molar-refractivity contribution in [2.75, 3.05) is 11.5 Å². The summed E-state index contributed by atoms with van der Waals surface area (Å²) in [5, 5.41) is 22.1. The number of hydrogen-bond acceptors (Lipinski definition) is 8. The second kappa shape index (κ2) is 8.09. The largest absolute Gasteiger partial charge is 0.389 e. The lowest BCUT2D eigenvalue weighted by atomic mass is 10.2. The molecule has 3 atom stereocenters. The summed E-state index contributed by atoms with van der Waals surface area (Å²) in [5.41, 5.74) is 7.19. The summed E-state index contributed by atoms with van der Waals surface area (Å²) in [4.78, 5) is 14.5. The zero-order valence-corrected chi connectivity index (χ0v) is 17.0. The first kappa shape index (κ1) is 19.2. The Labute approximate surface area is 171 Å². The summed E-state index contributed by atoms with van der Waals surface area (Å²) in [5.74, 6) is 7.78. The molecule has 1 fully saturated rings. The van der Waals surface area contributed by atoms with Gasteiger partial charge in [-0.3, -0.25) is 4.57 Å². The van der Waals surface area contributed by atoms with Gasteiger partial charge in [-0.1, -0.05) is 25.3 Å². The lowest BCUT2D eigenvalue weighted by molar-refractivity contribution is 0.0316. The van der Waals surface area contributed by atoms with E-state index >= 15 is 0 Å². The fourth-order valence-electron chi connectivity index (χ4n) is 3.09. The maximum atomic E-state index is 10.5. The van der Waals surface area contributed by atoms with Crippen molar-refractivity contribution in [3.05, 3.63) is 23.3 Å². The lowest BCUT2D eigenvalue weighted by Crippen LogP contribution is -2.28. The molecule has 4 N–H and O–H groups in total. The second-order valence-electron chi connectivity index (χ2n) is 6.57. The molecule has 0 aromatic carbocycles. The summed E-state index contributed by atoms with van der Waals surface area (Å²) < 4.78 is 1.86. The van der Waals surface area contributed by atoms with E-state index in [9.17, 15) is 10.2 Å². The van der Waals surface area contributed by atoms with Crippen LogP contribution in [0.4, 0.5) is 5.82 Å². The average Bonchev–Trinajstić information content (AvgIpc) is 3.39. The Morgan fingerprint density at radius 2 is 2.18 bits per heavy atom. The van der Waals surface area contributed by atoms with Crippen molar-refractivity contribution in [3.8, 4) is 22.5 Å². The fraction of sp³-hybridized carbons (Fsp3) is 0.421. The first-order valence-corrected chi connectivity index (χ1v) is 11.1. The van der Waals surface area contributed by atoms with E-state index in [2.05, 4.69) is 33.7 Å². The topological polar surface area (TPSA) is 110 Å². The molecule has 1 aliphatic heterocycles. The van der Waals surface area contributed by atoms with E-state index < -0.39 is 17.6 Å². The highest BCUT2D eigenvalue weighted by atomic mass is 32.2. The number of nitrogens with zero attached hydrogens (tertiary/aromatic N) is 4. The number of aromatic nitrogens is 4. The molecule has 0 amide bonds. The first-order chi connectivity index (χ1) is 13.6. The number of nitrogen functional groups attached to an aromatic ring is 1. The van der Waals surface area contributed by atoms with Crippen LogP contribution in [0.25, 0.3) is 21.9 Å². The molecule has 0 bridgehead atoms. The van der Waals surface area contributed by atoms with Gasteiger partial charge in [0.05, 0.1) is 11.0 Å². The Bertz CT molecular complexity index is 1040. The van der Waals surface area contributed by atoms with Gasteiger partial charge in [0.2, 0.25) is 5.82 Å². The molecule has 0 radical (unpaired) electrons. The van der Waals surface area contributed by atoms with Gasteiger partial charge in [0.25, 0.3) is 0 Å². The van der Waals surface area contributed by atoms with Crippen LogP contribution in [0.5, 0.6) is 0 Å². The molecule has 4 heterocycles. The van der Waals surface area contributed by atoms with Gasteiger partial charge in [-0.25, -0.2) is 15.0 Å². The third-order valence-electron chi connectivity index (χ3n) is 4.54. The third kappa shape index (κ3) is 3.49. The minimum atomic E-state index is -0.920. The molecule has 3 aromatic heterocycles. The van der Waals surface area contributed by atoms with Crippen molar-refractivity contribution in [2.24, 2.45) is 0 Å². The summed E-state index contributed by atoms with van der Waals surface area (Å²) in [6, 6.07) is 3.90. The monoisotopic (exact) mass is 415 g/mol. The minimum absolute atomic E-state index is 0.263. The molecule has 1 saturated heterocycles. The third-order valence-corrected chi connectivity index (χ3v) is 6.77. The highest BCUT2D eigenvalue weighted by Gasteiger charge is 2.38. The molecule has 146 valence electrons. The maximum Gasteiger partial charge on any atom is 0.208 e. The van der Waals surface area contributed by atoms with Gasteiger partial charge >= 0.3 is 0 Å². The fourth-order valence-corrected chi connectivity index (χ4v) is 5.12. The molecule has 1 aliphatic rings. The number of thiophene rings is 1. The van der Waals surface area contributed by atoms with Crippen molar-refractivity contribution in [2.45, 2.75) is 43.8 Å². The standard InChI is InChI=1S/C19H21N5O2S2/c1-2-3-4-5-8-13-21-16(20)14-18(22-13)24(19-15(26)11(25)10-28-19)17(23-14)12-7-6-9-27-12/h6-7,9,11,15,19,25-26H,2-4,10H2,1H3,(H2,20,21,22)/t11-,15-,19-/m1/s1. The van der Waals surface area contributed by atoms with Crippen LogP contribution in [0.15, 0.2) is 17.5 Å². The Morgan fingerprint density at radius 1 is 1.32 bits per heavy atom. The first-order valence-electron chi connectivity index (χ1n) is 9.16. The quantitative estimate of drug-likeness (QED) is 0.444. The van der Waals surface area contributed by atoms with Gasteiger partial charge in [0.15, 0.2) is 22.8 Å². The Morgan fingerprint density at radius 3 is 2.86 bits per heavy atom. The predicted molar refractivity (Wildman–Crippen MR) is 113 cm³/mol. The highest BCUT2D eigenvalue weighted by Crippen LogP contribution is 2.42. The van der Waals surface area contributed by atoms with Crippen molar-refractivity contribution in [3.63, 3.8) is 0 Å². The molecular formula is C19H21N5O2S2. The number of rotatable bonds is 4.